The number of rotatable bonds is 1. The maximum Gasteiger partial charge on any atom is 0.507 e. The molecule has 6 heteroatoms. The zero-order valence-electron chi connectivity index (χ0n) is 4.07. The smallest absolute Gasteiger partial charge is 0.450 e. The number of aliphatic hydroxyl groups excluding tert-OH is 1. The minimum absolute atomic E-state index is 0. The molecule has 0 aromatic carbocycles. The third-order valence-corrected chi connectivity index (χ3v) is 0.188. The molecule has 0 spiro atoms. The van der Waals surface area contributed by atoms with Crippen molar-refractivity contribution in [1.82, 2.24) is 0 Å². The maximum absolute atomic E-state index is 9.22. The van der Waals surface area contributed by atoms with Gasteiger partial charge in [-0.2, -0.15) is 0 Å². The Hall–Kier alpha value is 1.44. The van der Waals surface area contributed by atoms with Crippen molar-refractivity contribution < 1.29 is 85.2 Å². The van der Waals surface area contributed by atoms with Gasteiger partial charge < -0.3 is 14.9 Å². The van der Waals surface area contributed by atoms with Crippen LogP contribution >= 0.6 is 0 Å². The summed E-state index contributed by atoms with van der Waals surface area (Å²) in [6.07, 6.45) is -1.46. The first-order valence-electron chi connectivity index (χ1n) is 1.24. The quantitative estimate of drug-likeness (QED) is 0.558. The second-order valence-corrected chi connectivity index (χ2v) is 0.539. The number of hydrogen-bond donors (Lipinski definition) is 2. The van der Waals surface area contributed by atoms with Crippen LogP contribution in [0.15, 0.2) is 0 Å². The van der Waals surface area contributed by atoms with Crippen molar-refractivity contribution in [2.24, 2.45) is 0 Å². The largest absolute Gasteiger partial charge is 0.507 e. The zero-order valence-corrected chi connectivity index (χ0v) is 9.75. The van der Waals surface area contributed by atoms with Crippen LogP contribution in [0.2, 0.25) is 0 Å². The molecule has 0 fully saturated rings. The molecule has 0 saturated carbocycles. The van der Waals surface area contributed by atoms with E-state index in [1.165, 1.54) is 0 Å². The van der Waals surface area contributed by atoms with Crippen LogP contribution < -0.4 is 0 Å². The van der Waals surface area contributed by atoms with Crippen LogP contribution in [0.4, 0.5) is 4.79 Å². The second-order valence-electron chi connectivity index (χ2n) is 0.539. The SMILES string of the molecule is C.C.O=C(O)OCO.[Y].[Y]. The fourth-order valence-electron chi connectivity index (χ4n) is 0.0552. The first-order valence-corrected chi connectivity index (χ1v) is 1.24. The Morgan fingerprint density at radius 3 is 1.60 bits per heavy atom. The molecule has 0 heterocycles. The molecular formula is C4H12O4Y2. The molecule has 0 unspecified atom stereocenters. The number of carboxylic acid groups (broad SMARTS) is 1. The molecular weight excluding hydrogens is 290 g/mol. The fraction of sp³-hybridized carbons (Fsp3) is 0.750. The van der Waals surface area contributed by atoms with Gasteiger partial charge >= 0.3 is 6.16 Å². The van der Waals surface area contributed by atoms with E-state index in [1.54, 1.807) is 0 Å². The predicted molar refractivity (Wildman–Crippen MR) is 29.7 cm³/mol. The van der Waals surface area contributed by atoms with Crippen molar-refractivity contribution in [1.29, 1.82) is 0 Å². The minimum Gasteiger partial charge on any atom is -0.450 e. The molecule has 4 nitrogen and oxygen atoms in total. The van der Waals surface area contributed by atoms with Gasteiger partial charge in [-0.1, -0.05) is 14.9 Å². The van der Waals surface area contributed by atoms with Crippen LogP contribution in [0, 0.1) is 0 Å². The number of aliphatic hydroxyl groups is 1. The predicted octanol–water partition coefficient (Wildman–Crippen LogP) is 0.898. The minimum atomic E-state index is -1.46. The van der Waals surface area contributed by atoms with Gasteiger partial charge in [-0.15, -0.1) is 0 Å². The third-order valence-electron chi connectivity index (χ3n) is 0.188. The zero-order chi connectivity index (χ0) is 4.99. The molecule has 0 aromatic heterocycles. The summed E-state index contributed by atoms with van der Waals surface area (Å²) in [6, 6.07) is 0. The first-order chi connectivity index (χ1) is 2.77. The average Bonchev–Trinajstić information content (AvgIpc) is 1.35. The van der Waals surface area contributed by atoms with E-state index in [0.29, 0.717) is 0 Å². The summed E-state index contributed by atoms with van der Waals surface area (Å²) in [6.45, 7) is -0.769. The van der Waals surface area contributed by atoms with Gasteiger partial charge in [0.2, 0.25) is 0 Å². The Bertz CT molecular complexity index is 59.2. The summed E-state index contributed by atoms with van der Waals surface area (Å²) in [4.78, 5) is 9.22. The fourth-order valence-corrected chi connectivity index (χ4v) is 0.0552. The van der Waals surface area contributed by atoms with Gasteiger partial charge in [0.15, 0.2) is 6.79 Å². The van der Waals surface area contributed by atoms with Crippen LogP contribution in [-0.2, 0) is 70.2 Å². The van der Waals surface area contributed by atoms with E-state index in [0.717, 1.165) is 0 Å². The molecule has 0 saturated heterocycles. The Kier molecular flexibility index (Phi) is 67.4. The van der Waals surface area contributed by atoms with E-state index in [-0.39, 0.29) is 80.3 Å². The van der Waals surface area contributed by atoms with Gasteiger partial charge in [-0.3, -0.25) is 0 Å². The topological polar surface area (TPSA) is 66.8 Å². The normalized spacial score (nSPS) is 4.50. The Balaban J connectivity index is -0.0000000208. The first kappa shape index (κ1) is 30.1. The van der Waals surface area contributed by atoms with Gasteiger partial charge in [0.25, 0.3) is 0 Å². The van der Waals surface area contributed by atoms with Crippen molar-refractivity contribution in [2.45, 2.75) is 14.9 Å². The van der Waals surface area contributed by atoms with Crippen LogP contribution in [-0.4, -0.2) is 23.2 Å². The van der Waals surface area contributed by atoms with Gasteiger partial charge in [0.05, 0.1) is 0 Å². The molecule has 2 radical (unpaired) electrons. The van der Waals surface area contributed by atoms with Gasteiger partial charge in [0.1, 0.15) is 0 Å². The molecule has 2 N–H and O–H groups in total. The summed E-state index contributed by atoms with van der Waals surface area (Å²) in [7, 11) is 0. The molecule has 0 rings (SSSR count). The summed E-state index contributed by atoms with van der Waals surface area (Å²) in [5.74, 6) is 0. The van der Waals surface area contributed by atoms with Crippen LogP contribution in [0.3, 0.4) is 0 Å². The van der Waals surface area contributed by atoms with Crippen LogP contribution in [0.25, 0.3) is 0 Å². The third kappa shape index (κ3) is 34.1. The van der Waals surface area contributed by atoms with E-state index >= 15 is 0 Å². The standard InChI is InChI=1S/C2H4O4.2CH4.2Y/c3-1-6-2(4)5;;;;/h3H,1H2,(H,4,5);2*1H4;;. The van der Waals surface area contributed by atoms with E-state index in [1.807, 2.05) is 0 Å². The van der Waals surface area contributed by atoms with Crippen molar-refractivity contribution in [2.75, 3.05) is 6.79 Å². The molecule has 0 bridgehead atoms. The molecule has 10 heavy (non-hydrogen) atoms. The number of carbonyl (C=O) groups is 1. The molecule has 0 aliphatic rings. The molecule has 0 amide bonds. The summed E-state index contributed by atoms with van der Waals surface area (Å²) in [5, 5.41) is 15.2. The van der Waals surface area contributed by atoms with E-state index in [9.17, 15) is 4.79 Å². The molecule has 0 aliphatic heterocycles. The summed E-state index contributed by atoms with van der Waals surface area (Å²) in [5.41, 5.74) is 0. The molecule has 0 aliphatic carbocycles. The Morgan fingerprint density at radius 1 is 1.30 bits per heavy atom. The van der Waals surface area contributed by atoms with E-state index in [4.69, 9.17) is 10.2 Å². The van der Waals surface area contributed by atoms with Crippen molar-refractivity contribution >= 4 is 6.16 Å². The molecule has 0 aromatic rings. The molecule has 58 valence electrons. The summed E-state index contributed by atoms with van der Waals surface area (Å²) < 4.78 is 3.51. The second kappa shape index (κ2) is 22.4. The average molecular weight is 302 g/mol. The van der Waals surface area contributed by atoms with Gasteiger partial charge in [-0.25, -0.2) is 4.79 Å². The van der Waals surface area contributed by atoms with Crippen molar-refractivity contribution in [3.63, 3.8) is 0 Å². The van der Waals surface area contributed by atoms with Gasteiger partial charge in [0, 0.05) is 65.4 Å². The Morgan fingerprint density at radius 2 is 1.60 bits per heavy atom. The van der Waals surface area contributed by atoms with E-state index in [2.05, 4.69) is 4.74 Å². The molecule has 0 atom stereocenters. The Labute approximate surface area is 111 Å². The van der Waals surface area contributed by atoms with Crippen molar-refractivity contribution in [3.05, 3.63) is 0 Å². The van der Waals surface area contributed by atoms with Crippen LogP contribution in [0.1, 0.15) is 14.9 Å². The summed E-state index contributed by atoms with van der Waals surface area (Å²) >= 11 is 0. The monoisotopic (exact) mass is 302 g/mol. The maximum atomic E-state index is 9.22. The number of ether oxygens (including phenoxy) is 1. The van der Waals surface area contributed by atoms with E-state index < -0.39 is 12.9 Å². The van der Waals surface area contributed by atoms with Crippen molar-refractivity contribution in [3.8, 4) is 0 Å². The van der Waals surface area contributed by atoms with Crippen LogP contribution in [0.5, 0.6) is 0 Å². The number of hydrogen-bond acceptors (Lipinski definition) is 3. The van der Waals surface area contributed by atoms with Gasteiger partial charge in [-0.05, 0) is 0 Å².